The fourth-order valence-corrected chi connectivity index (χ4v) is 1.82. The minimum Gasteiger partial charge on any atom is -0.507 e. The van der Waals surface area contributed by atoms with Crippen molar-refractivity contribution in [1.82, 2.24) is 0 Å². The summed E-state index contributed by atoms with van der Waals surface area (Å²) in [6.45, 7) is 1.92. The van der Waals surface area contributed by atoms with Gasteiger partial charge < -0.3 is 10.2 Å². The van der Waals surface area contributed by atoms with Crippen LogP contribution in [-0.2, 0) is 0 Å². The lowest BCUT2D eigenvalue weighted by molar-refractivity contribution is 0.0697. The highest BCUT2D eigenvalue weighted by atomic mass is 16.4. The van der Waals surface area contributed by atoms with E-state index in [1.165, 1.54) is 18.2 Å². The zero-order valence-corrected chi connectivity index (χ0v) is 9.34. The number of hydrogen-bond donors (Lipinski definition) is 2. The highest BCUT2D eigenvalue weighted by Crippen LogP contribution is 2.32. The second kappa shape index (κ2) is 4.29. The van der Waals surface area contributed by atoms with Crippen molar-refractivity contribution < 1.29 is 15.0 Å². The smallest absolute Gasteiger partial charge is 0.336 e. The van der Waals surface area contributed by atoms with Crippen LogP contribution in [0.1, 0.15) is 15.9 Å². The Bertz CT molecular complexity index is 573. The van der Waals surface area contributed by atoms with Crippen LogP contribution in [0.15, 0.2) is 42.5 Å². The normalized spacial score (nSPS) is 10.2. The molecule has 0 heterocycles. The van der Waals surface area contributed by atoms with Crippen LogP contribution in [0.3, 0.4) is 0 Å². The van der Waals surface area contributed by atoms with Crippen molar-refractivity contribution in [2.45, 2.75) is 6.92 Å². The lowest BCUT2D eigenvalue weighted by Gasteiger charge is -2.09. The van der Waals surface area contributed by atoms with Gasteiger partial charge in [-0.1, -0.05) is 35.9 Å². The highest BCUT2D eigenvalue weighted by Gasteiger charge is 2.15. The molecule has 0 unspecified atom stereocenters. The van der Waals surface area contributed by atoms with E-state index < -0.39 is 5.97 Å². The number of carboxylic acids is 1. The van der Waals surface area contributed by atoms with Crippen LogP contribution in [0.5, 0.6) is 5.75 Å². The molecule has 0 saturated carbocycles. The molecule has 0 aromatic heterocycles. The van der Waals surface area contributed by atoms with Gasteiger partial charge in [-0.05, 0) is 24.6 Å². The number of carboxylic acid groups (broad SMARTS) is 1. The summed E-state index contributed by atoms with van der Waals surface area (Å²) < 4.78 is 0. The molecule has 0 atom stereocenters. The topological polar surface area (TPSA) is 57.5 Å². The SMILES string of the molecule is Cc1cccc(-c2c(O)cccc2C(=O)O)c1. The standard InChI is InChI=1S/C14H12O3/c1-9-4-2-5-10(8-9)13-11(14(16)17)6-3-7-12(13)15/h2-8,15H,1H3,(H,16,17). The maximum absolute atomic E-state index is 11.1. The number of benzene rings is 2. The molecule has 3 nitrogen and oxygen atoms in total. The molecule has 2 aromatic carbocycles. The maximum atomic E-state index is 11.1. The van der Waals surface area contributed by atoms with Crippen molar-refractivity contribution in [3.05, 3.63) is 53.6 Å². The molecule has 0 saturated heterocycles. The summed E-state index contributed by atoms with van der Waals surface area (Å²) in [7, 11) is 0. The van der Waals surface area contributed by atoms with E-state index in [0.717, 1.165) is 5.56 Å². The van der Waals surface area contributed by atoms with Crippen molar-refractivity contribution in [1.29, 1.82) is 0 Å². The summed E-state index contributed by atoms with van der Waals surface area (Å²) in [5.74, 6) is -1.06. The Morgan fingerprint density at radius 1 is 1.12 bits per heavy atom. The number of aromatic hydroxyl groups is 1. The summed E-state index contributed by atoms with van der Waals surface area (Å²) in [4.78, 5) is 11.1. The van der Waals surface area contributed by atoms with E-state index in [-0.39, 0.29) is 11.3 Å². The predicted molar refractivity (Wildman–Crippen MR) is 65.2 cm³/mol. The van der Waals surface area contributed by atoms with Crippen molar-refractivity contribution in [2.75, 3.05) is 0 Å². The second-order valence-electron chi connectivity index (χ2n) is 3.87. The Hall–Kier alpha value is -2.29. The van der Waals surface area contributed by atoms with Gasteiger partial charge in [0.05, 0.1) is 5.56 Å². The third-order valence-electron chi connectivity index (χ3n) is 2.58. The Kier molecular flexibility index (Phi) is 2.83. The summed E-state index contributed by atoms with van der Waals surface area (Å²) >= 11 is 0. The first-order valence-electron chi connectivity index (χ1n) is 5.22. The van der Waals surface area contributed by atoms with Crippen LogP contribution < -0.4 is 0 Å². The van der Waals surface area contributed by atoms with Crippen LogP contribution >= 0.6 is 0 Å². The summed E-state index contributed by atoms with van der Waals surface area (Å²) in [5.41, 5.74) is 2.20. The zero-order valence-electron chi connectivity index (χ0n) is 9.34. The average Bonchev–Trinajstić information content (AvgIpc) is 2.28. The van der Waals surface area contributed by atoms with E-state index in [0.29, 0.717) is 11.1 Å². The molecule has 0 aliphatic heterocycles. The lowest BCUT2D eigenvalue weighted by atomic mass is 9.97. The van der Waals surface area contributed by atoms with Crippen molar-refractivity contribution in [3.63, 3.8) is 0 Å². The van der Waals surface area contributed by atoms with Crippen LogP contribution in [0, 0.1) is 6.92 Å². The lowest BCUT2D eigenvalue weighted by Crippen LogP contribution is -1.99. The molecule has 0 aliphatic carbocycles. The van der Waals surface area contributed by atoms with Crippen LogP contribution in [0.2, 0.25) is 0 Å². The minimum atomic E-state index is -1.04. The van der Waals surface area contributed by atoms with Gasteiger partial charge in [0.15, 0.2) is 0 Å². The van der Waals surface area contributed by atoms with Gasteiger partial charge in [-0.15, -0.1) is 0 Å². The number of hydrogen-bond acceptors (Lipinski definition) is 2. The van der Waals surface area contributed by atoms with Gasteiger partial charge in [-0.2, -0.15) is 0 Å². The van der Waals surface area contributed by atoms with Gasteiger partial charge in [0.2, 0.25) is 0 Å². The molecule has 0 amide bonds. The molecule has 86 valence electrons. The fourth-order valence-electron chi connectivity index (χ4n) is 1.82. The summed E-state index contributed by atoms with van der Waals surface area (Å²) in [6, 6.07) is 11.9. The Balaban J connectivity index is 2.70. The first-order chi connectivity index (χ1) is 8.09. The molecule has 17 heavy (non-hydrogen) atoms. The van der Waals surface area contributed by atoms with E-state index in [4.69, 9.17) is 5.11 Å². The van der Waals surface area contributed by atoms with Gasteiger partial charge in [-0.3, -0.25) is 0 Å². The number of rotatable bonds is 2. The molecule has 0 fully saturated rings. The maximum Gasteiger partial charge on any atom is 0.336 e. The molecule has 0 bridgehead atoms. The minimum absolute atomic E-state index is 0.0181. The molecule has 0 radical (unpaired) electrons. The first-order valence-corrected chi connectivity index (χ1v) is 5.22. The van der Waals surface area contributed by atoms with E-state index in [9.17, 15) is 9.90 Å². The molecule has 0 spiro atoms. The number of carbonyl (C=O) groups is 1. The van der Waals surface area contributed by atoms with E-state index >= 15 is 0 Å². The van der Waals surface area contributed by atoms with Gasteiger partial charge in [0.25, 0.3) is 0 Å². The Labute approximate surface area is 99.0 Å². The largest absolute Gasteiger partial charge is 0.507 e. The molecular formula is C14H12O3. The highest BCUT2D eigenvalue weighted by molar-refractivity contribution is 5.97. The molecule has 2 N–H and O–H groups in total. The van der Waals surface area contributed by atoms with Gasteiger partial charge >= 0.3 is 5.97 Å². The van der Waals surface area contributed by atoms with Crippen molar-refractivity contribution >= 4 is 5.97 Å². The second-order valence-corrected chi connectivity index (χ2v) is 3.87. The quantitative estimate of drug-likeness (QED) is 0.830. The molecule has 0 aliphatic rings. The number of phenols is 1. The van der Waals surface area contributed by atoms with E-state index in [1.54, 1.807) is 6.07 Å². The van der Waals surface area contributed by atoms with Gasteiger partial charge in [0, 0.05) is 5.56 Å². The number of phenolic OH excluding ortho intramolecular Hbond substituents is 1. The van der Waals surface area contributed by atoms with E-state index in [1.807, 2.05) is 25.1 Å². The Morgan fingerprint density at radius 2 is 1.82 bits per heavy atom. The predicted octanol–water partition coefficient (Wildman–Crippen LogP) is 3.07. The molecular weight excluding hydrogens is 216 g/mol. The number of aromatic carboxylic acids is 1. The van der Waals surface area contributed by atoms with Gasteiger partial charge in [-0.25, -0.2) is 4.79 Å². The molecule has 3 heteroatoms. The number of aryl methyl sites for hydroxylation is 1. The average molecular weight is 228 g/mol. The third-order valence-corrected chi connectivity index (χ3v) is 2.58. The van der Waals surface area contributed by atoms with Crippen molar-refractivity contribution in [3.8, 4) is 16.9 Å². The van der Waals surface area contributed by atoms with Crippen LogP contribution in [0.25, 0.3) is 11.1 Å². The molecule has 2 rings (SSSR count). The fraction of sp³-hybridized carbons (Fsp3) is 0.0714. The third kappa shape index (κ3) is 2.13. The van der Waals surface area contributed by atoms with E-state index in [2.05, 4.69) is 0 Å². The van der Waals surface area contributed by atoms with Crippen LogP contribution in [0.4, 0.5) is 0 Å². The first kappa shape index (κ1) is 11.2. The summed E-state index contributed by atoms with van der Waals surface area (Å²) in [6.07, 6.45) is 0. The van der Waals surface area contributed by atoms with Crippen LogP contribution in [-0.4, -0.2) is 16.2 Å². The van der Waals surface area contributed by atoms with Gasteiger partial charge in [0.1, 0.15) is 5.75 Å². The monoisotopic (exact) mass is 228 g/mol. The molecule has 2 aromatic rings. The Morgan fingerprint density at radius 3 is 2.47 bits per heavy atom. The van der Waals surface area contributed by atoms with Crippen molar-refractivity contribution in [2.24, 2.45) is 0 Å². The zero-order chi connectivity index (χ0) is 12.4. The summed E-state index contributed by atoms with van der Waals surface area (Å²) in [5, 5.41) is 18.9.